The van der Waals surface area contributed by atoms with E-state index in [0.717, 1.165) is 5.56 Å². The molecule has 2 aromatic carbocycles. The van der Waals surface area contributed by atoms with Gasteiger partial charge in [0.1, 0.15) is 5.75 Å². The van der Waals surface area contributed by atoms with Crippen LogP contribution in [-0.2, 0) is 36.1 Å². The lowest BCUT2D eigenvalue weighted by Gasteiger charge is -2.07. The molecule has 0 bridgehead atoms. The van der Waals surface area contributed by atoms with Crippen molar-refractivity contribution in [2.45, 2.75) is 12.4 Å². The summed E-state index contributed by atoms with van der Waals surface area (Å²) in [6.45, 7) is 1.60. The predicted molar refractivity (Wildman–Crippen MR) is 91.9 cm³/mol. The Hall–Kier alpha value is -1.73. The van der Waals surface area contributed by atoms with Gasteiger partial charge >= 0.3 is 0 Å². The molecule has 0 aliphatic rings. The molecule has 0 atom stereocenters. The normalized spacial score (nSPS) is 11.5. The highest BCUT2D eigenvalue weighted by Gasteiger charge is 2.11. The Morgan fingerprint density at radius 3 is 1.88 bits per heavy atom. The summed E-state index contributed by atoms with van der Waals surface area (Å²) in [4.78, 5) is 0. The third-order valence-electron chi connectivity index (χ3n) is 3.16. The Labute approximate surface area is 143 Å². The summed E-state index contributed by atoms with van der Waals surface area (Å²) >= 11 is 0. The Bertz CT molecular complexity index is 671. The van der Waals surface area contributed by atoms with Gasteiger partial charge in [-0.2, -0.15) is 8.42 Å². The molecule has 0 unspecified atom stereocenters. The molecule has 5 nitrogen and oxygen atoms in total. The van der Waals surface area contributed by atoms with Gasteiger partial charge in [0.2, 0.25) is 0 Å². The summed E-state index contributed by atoms with van der Waals surface area (Å²) in [5, 5.41) is 0. The van der Waals surface area contributed by atoms with Gasteiger partial charge in [0, 0.05) is 0 Å². The van der Waals surface area contributed by atoms with Crippen molar-refractivity contribution in [3.05, 3.63) is 71.8 Å². The molecule has 24 heavy (non-hydrogen) atoms. The van der Waals surface area contributed by atoms with Gasteiger partial charge in [-0.3, -0.25) is 4.18 Å². The molecule has 0 aromatic heterocycles. The third kappa shape index (κ3) is 7.70. The number of rotatable bonds is 11. The molecule has 0 heterocycles. The number of hydrogen-bond donors (Lipinski definition) is 0. The fourth-order valence-corrected chi connectivity index (χ4v) is 3.03. The van der Waals surface area contributed by atoms with E-state index in [1.165, 1.54) is 0 Å². The highest BCUT2D eigenvalue weighted by molar-refractivity contribution is 7.85. The Morgan fingerprint density at radius 1 is 0.667 bits per heavy atom. The summed E-state index contributed by atoms with van der Waals surface area (Å²) < 4.78 is 39.3. The first-order valence-electron chi connectivity index (χ1n) is 7.76. The smallest absolute Gasteiger partial charge is 0.271 e. The average molecular weight is 350 g/mol. The minimum atomic E-state index is -3.58. The summed E-state index contributed by atoms with van der Waals surface area (Å²) in [5.41, 5.74) is 1.81. The Balaban J connectivity index is 1.51. The summed E-state index contributed by atoms with van der Waals surface area (Å²) in [6, 6.07) is 18.8. The van der Waals surface area contributed by atoms with Crippen LogP contribution in [0.1, 0.15) is 11.1 Å². The van der Waals surface area contributed by atoms with Crippen LogP contribution >= 0.6 is 0 Å². The van der Waals surface area contributed by atoms with E-state index >= 15 is 0 Å². The second-order valence-corrected chi connectivity index (χ2v) is 6.80. The molecule has 2 aromatic rings. The second kappa shape index (κ2) is 10.2. The zero-order valence-corrected chi connectivity index (χ0v) is 14.3. The molecule has 0 radical (unpaired) electrons. The van der Waals surface area contributed by atoms with Crippen molar-refractivity contribution in [1.29, 1.82) is 0 Å². The molecule has 6 heteroatoms. The zero-order valence-electron chi connectivity index (χ0n) is 13.5. The van der Waals surface area contributed by atoms with E-state index in [0.29, 0.717) is 25.4 Å². The lowest BCUT2D eigenvalue weighted by Crippen LogP contribution is -2.14. The molecule has 0 aliphatic carbocycles. The maximum absolute atomic E-state index is 11.8. The third-order valence-corrected chi connectivity index (χ3v) is 4.37. The lowest BCUT2D eigenvalue weighted by atomic mass is 10.2. The molecule has 0 saturated carbocycles. The topological polar surface area (TPSA) is 61.8 Å². The molecule has 2 rings (SSSR count). The van der Waals surface area contributed by atoms with Crippen LogP contribution in [-0.4, -0.2) is 34.8 Å². The number of benzene rings is 2. The van der Waals surface area contributed by atoms with Crippen molar-refractivity contribution >= 4 is 10.1 Å². The average Bonchev–Trinajstić information content (AvgIpc) is 2.58. The quantitative estimate of drug-likeness (QED) is 0.461. The SMILES string of the molecule is O=S(=O)(Cc1ccccc1)OCCOCCOCc1ccccc1. The summed E-state index contributed by atoms with van der Waals surface area (Å²) in [6.07, 6.45) is 0. The van der Waals surface area contributed by atoms with Gasteiger partial charge in [-0.1, -0.05) is 60.7 Å². The van der Waals surface area contributed by atoms with Crippen molar-refractivity contribution in [3.8, 4) is 0 Å². The van der Waals surface area contributed by atoms with Crippen molar-refractivity contribution in [3.63, 3.8) is 0 Å². The monoisotopic (exact) mass is 350 g/mol. The first-order chi connectivity index (χ1) is 11.7. The molecule has 130 valence electrons. The molecule has 0 spiro atoms. The lowest BCUT2D eigenvalue weighted by molar-refractivity contribution is 0.0310. The van der Waals surface area contributed by atoms with Crippen LogP contribution < -0.4 is 0 Å². The van der Waals surface area contributed by atoms with E-state index in [1.807, 2.05) is 36.4 Å². The fourth-order valence-electron chi connectivity index (χ4n) is 2.02. The zero-order chi connectivity index (χ0) is 17.1. The minimum Gasteiger partial charge on any atom is -0.377 e. The molecule has 0 fully saturated rings. The van der Waals surface area contributed by atoms with Crippen LogP contribution in [0, 0.1) is 0 Å². The van der Waals surface area contributed by atoms with Crippen molar-refractivity contribution in [2.24, 2.45) is 0 Å². The predicted octanol–water partition coefficient (Wildman–Crippen LogP) is 2.77. The molecule has 0 amide bonds. The van der Waals surface area contributed by atoms with Gasteiger partial charge < -0.3 is 9.47 Å². The van der Waals surface area contributed by atoms with Gasteiger partial charge in [0.05, 0.1) is 33.0 Å². The summed E-state index contributed by atoms with van der Waals surface area (Å²) in [5.74, 6) is -0.131. The van der Waals surface area contributed by atoms with Gasteiger partial charge in [0.15, 0.2) is 0 Å². The largest absolute Gasteiger partial charge is 0.377 e. The first kappa shape index (κ1) is 18.6. The van der Waals surface area contributed by atoms with E-state index in [2.05, 4.69) is 0 Å². The fraction of sp³-hybridized carbons (Fsp3) is 0.333. The van der Waals surface area contributed by atoms with Crippen LogP contribution in [0.15, 0.2) is 60.7 Å². The van der Waals surface area contributed by atoms with Gasteiger partial charge in [0.25, 0.3) is 10.1 Å². The second-order valence-electron chi connectivity index (χ2n) is 5.16. The van der Waals surface area contributed by atoms with E-state index in [4.69, 9.17) is 13.7 Å². The van der Waals surface area contributed by atoms with Crippen molar-refractivity contribution in [1.82, 2.24) is 0 Å². The maximum Gasteiger partial charge on any atom is 0.271 e. The van der Waals surface area contributed by atoms with Gasteiger partial charge in [-0.05, 0) is 11.1 Å². The van der Waals surface area contributed by atoms with Crippen LogP contribution in [0.2, 0.25) is 0 Å². The van der Waals surface area contributed by atoms with Crippen molar-refractivity contribution in [2.75, 3.05) is 26.4 Å². The van der Waals surface area contributed by atoms with Crippen LogP contribution in [0.5, 0.6) is 0 Å². The molecule has 0 saturated heterocycles. The molecular formula is C18H22O5S. The van der Waals surface area contributed by atoms with Gasteiger partial charge in [-0.15, -0.1) is 0 Å². The van der Waals surface area contributed by atoms with E-state index in [-0.39, 0.29) is 19.0 Å². The van der Waals surface area contributed by atoms with Crippen molar-refractivity contribution < 1.29 is 22.1 Å². The van der Waals surface area contributed by atoms with E-state index < -0.39 is 10.1 Å². The first-order valence-corrected chi connectivity index (χ1v) is 9.34. The maximum atomic E-state index is 11.8. The van der Waals surface area contributed by atoms with E-state index in [1.54, 1.807) is 24.3 Å². The van der Waals surface area contributed by atoms with Gasteiger partial charge in [-0.25, -0.2) is 0 Å². The Kier molecular flexibility index (Phi) is 7.91. The minimum absolute atomic E-state index is 0.00779. The van der Waals surface area contributed by atoms with Crippen LogP contribution in [0.3, 0.4) is 0 Å². The summed E-state index contributed by atoms with van der Waals surface area (Å²) in [7, 11) is -3.58. The molecule has 0 aliphatic heterocycles. The highest BCUT2D eigenvalue weighted by atomic mass is 32.2. The molecular weight excluding hydrogens is 328 g/mol. The van der Waals surface area contributed by atoms with E-state index in [9.17, 15) is 8.42 Å². The number of hydrogen-bond acceptors (Lipinski definition) is 5. The highest BCUT2D eigenvalue weighted by Crippen LogP contribution is 2.07. The van der Waals surface area contributed by atoms with Crippen LogP contribution in [0.25, 0.3) is 0 Å². The Morgan fingerprint density at radius 2 is 1.21 bits per heavy atom. The van der Waals surface area contributed by atoms with Crippen LogP contribution in [0.4, 0.5) is 0 Å². The molecule has 0 N–H and O–H groups in total. The standard InChI is InChI=1S/C18H22O5S/c19-24(20,16-18-9-5-2-6-10-18)23-14-13-21-11-12-22-15-17-7-3-1-4-8-17/h1-10H,11-16H2. The number of ether oxygens (including phenoxy) is 2.